The second-order valence-corrected chi connectivity index (χ2v) is 4.61. The number of aryl methyl sites for hydroxylation is 3. The predicted octanol–water partition coefficient (Wildman–Crippen LogP) is 3.40. The van der Waals surface area contributed by atoms with Crippen molar-refractivity contribution < 1.29 is 13.2 Å². The molecule has 19 heavy (non-hydrogen) atoms. The molecule has 0 fully saturated rings. The molecule has 6 heteroatoms. The van der Waals surface area contributed by atoms with E-state index in [0.29, 0.717) is 5.69 Å². The monoisotopic (exact) mass is 269 g/mol. The molecular formula is C13H14F3N3. The van der Waals surface area contributed by atoms with Gasteiger partial charge in [-0.25, -0.2) is 4.68 Å². The Morgan fingerprint density at radius 3 is 2.05 bits per heavy atom. The molecular weight excluding hydrogens is 255 g/mol. The molecule has 0 bridgehead atoms. The molecule has 102 valence electrons. The lowest BCUT2D eigenvalue weighted by atomic mass is 10.1. The van der Waals surface area contributed by atoms with Crippen LogP contribution in [0.25, 0.3) is 5.69 Å². The molecule has 0 amide bonds. The third-order valence-corrected chi connectivity index (χ3v) is 2.87. The molecule has 0 aliphatic carbocycles. The SMILES string of the molecule is Cc1cc(C)c(-n2nc(N)cc2C(F)(F)F)c(C)c1. The van der Waals surface area contributed by atoms with E-state index >= 15 is 0 Å². The van der Waals surface area contributed by atoms with Gasteiger partial charge < -0.3 is 5.73 Å². The molecule has 2 aromatic rings. The summed E-state index contributed by atoms with van der Waals surface area (Å²) in [4.78, 5) is 0. The van der Waals surface area contributed by atoms with Crippen LogP contribution in [-0.4, -0.2) is 9.78 Å². The van der Waals surface area contributed by atoms with Crippen LogP contribution >= 0.6 is 0 Å². The van der Waals surface area contributed by atoms with Crippen LogP contribution in [0.2, 0.25) is 0 Å². The standard InChI is InChI=1S/C13H14F3N3/c1-7-4-8(2)12(9(3)5-7)19-10(13(14,15)16)6-11(17)18-19/h4-6H,1-3H3,(H2,17,18). The molecule has 1 aromatic heterocycles. The van der Waals surface area contributed by atoms with Crippen molar-refractivity contribution in [2.45, 2.75) is 26.9 Å². The minimum absolute atomic E-state index is 0.147. The number of anilines is 1. The maximum atomic E-state index is 13.0. The summed E-state index contributed by atoms with van der Waals surface area (Å²) in [5, 5.41) is 3.77. The maximum Gasteiger partial charge on any atom is 0.433 e. The molecule has 1 aromatic carbocycles. The number of alkyl halides is 3. The van der Waals surface area contributed by atoms with Gasteiger partial charge in [0, 0.05) is 6.07 Å². The highest BCUT2D eigenvalue weighted by Gasteiger charge is 2.36. The van der Waals surface area contributed by atoms with Crippen LogP contribution in [0.1, 0.15) is 22.4 Å². The number of rotatable bonds is 1. The van der Waals surface area contributed by atoms with Crippen molar-refractivity contribution in [3.63, 3.8) is 0 Å². The lowest BCUT2D eigenvalue weighted by Gasteiger charge is -2.15. The maximum absolute atomic E-state index is 13.0. The van der Waals surface area contributed by atoms with Crippen LogP contribution in [0, 0.1) is 20.8 Å². The zero-order chi connectivity index (χ0) is 14.4. The van der Waals surface area contributed by atoms with E-state index in [1.54, 1.807) is 13.8 Å². The summed E-state index contributed by atoms with van der Waals surface area (Å²) in [7, 11) is 0. The van der Waals surface area contributed by atoms with Crippen molar-refractivity contribution >= 4 is 5.82 Å². The number of hydrogen-bond donors (Lipinski definition) is 1. The van der Waals surface area contributed by atoms with Crippen molar-refractivity contribution in [1.29, 1.82) is 0 Å². The fourth-order valence-electron chi connectivity index (χ4n) is 2.28. The van der Waals surface area contributed by atoms with Gasteiger partial charge in [-0.3, -0.25) is 0 Å². The largest absolute Gasteiger partial charge is 0.433 e. The fraction of sp³-hybridized carbons (Fsp3) is 0.308. The second-order valence-electron chi connectivity index (χ2n) is 4.61. The third-order valence-electron chi connectivity index (χ3n) is 2.87. The molecule has 0 radical (unpaired) electrons. The van der Waals surface area contributed by atoms with Crippen LogP contribution in [0.4, 0.5) is 19.0 Å². The number of nitrogen functional groups attached to an aromatic ring is 1. The van der Waals surface area contributed by atoms with Crippen LogP contribution < -0.4 is 5.73 Å². The number of hydrogen-bond acceptors (Lipinski definition) is 2. The van der Waals surface area contributed by atoms with Crippen molar-refractivity contribution in [2.75, 3.05) is 5.73 Å². The van der Waals surface area contributed by atoms with Crippen LogP contribution in [0.15, 0.2) is 18.2 Å². The molecule has 0 saturated carbocycles. The number of benzene rings is 1. The zero-order valence-corrected chi connectivity index (χ0v) is 10.8. The number of nitrogens with two attached hydrogens (primary N) is 1. The Morgan fingerprint density at radius 2 is 1.58 bits per heavy atom. The summed E-state index contributed by atoms with van der Waals surface area (Å²) < 4.78 is 39.8. The Morgan fingerprint density at radius 1 is 1.05 bits per heavy atom. The molecule has 0 saturated heterocycles. The fourth-order valence-corrected chi connectivity index (χ4v) is 2.28. The molecule has 0 aliphatic rings. The average molecular weight is 269 g/mol. The van der Waals surface area contributed by atoms with Gasteiger partial charge in [-0.05, 0) is 31.9 Å². The lowest BCUT2D eigenvalue weighted by Crippen LogP contribution is -2.15. The van der Waals surface area contributed by atoms with E-state index in [-0.39, 0.29) is 5.82 Å². The summed E-state index contributed by atoms with van der Waals surface area (Å²) in [6.07, 6.45) is -4.49. The van der Waals surface area contributed by atoms with Gasteiger partial charge >= 0.3 is 6.18 Å². The third kappa shape index (κ3) is 2.43. The van der Waals surface area contributed by atoms with Gasteiger partial charge in [-0.2, -0.15) is 18.3 Å². The first-order chi connectivity index (χ1) is 8.70. The van der Waals surface area contributed by atoms with E-state index < -0.39 is 11.9 Å². The number of nitrogens with zero attached hydrogens (tertiary/aromatic N) is 2. The quantitative estimate of drug-likeness (QED) is 0.862. The van der Waals surface area contributed by atoms with Gasteiger partial charge in [-0.15, -0.1) is 0 Å². The zero-order valence-electron chi connectivity index (χ0n) is 10.8. The van der Waals surface area contributed by atoms with E-state index in [1.807, 2.05) is 19.1 Å². The smallest absolute Gasteiger partial charge is 0.382 e. The molecule has 1 heterocycles. The molecule has 0 atom stereocenters. The Kier molecular flexibility index (Phi) is 3.04. The van der Waals surface area contributed by atoms with Gasteiger partial charge in [-0.1, -0.05) is 17.7 Å². The molecule has 0 aliphatic heterocycles. The topological polar surface area (TPSA) is 43.8 Å². The van der Waals surface area contributed by atoms with Crippen molar-refractivity contribution in [2.24, 2.45) is 0 Å². The number of aromatic nitrogens is 2. The molecule has 2 N–H and O–H groups in total. The van der Waals surface area contributed by atoms with Gasteiger partial charge in [0.05, 0.1) is 5.69 Å². The van der Waals surface area contributed by atoms with Crippen LogP contribution in [0.5, 0.6) is 0 Å². The predicted molar refractivity (Wildman–Crippen MR) is 67.2 cm³/mol. The first kappa shape index (κ1) is 13.5. The van der Waals surface area contributed by atoms with E-state index in [9.17, 15) is 13.2 Å². The first-order valence-corrected chi connectivity index (χ1v) is 5.71. The van der Waals surface area contributed by atoms with Crippen molar-refractivity contribution in [3.8, 4) is 5.69 Å². The van der Waals surface area contributed by atoms with Gasteiger partial charge in [0.2, 0.25) is 0 Å². The Balaban J connectivity index is 2.73. The second kappa shape index (κ2) is 4.29. The van der Waals surface area contributed by atoms with E-state index in [1.165, 1.54) is 0 Å². The van der Waals surface area contributed by atoms with E-state index in [4.69, 9.17) is 5.73 Å². The molecule has 0 unspecified atom stereocenters. The lowest BCUT2D eigenvalue weighted by molar-refractivity contribution is -0.142. The summed E-state index contributed by atoms with van der Waals surface area (Å²) in [5.74, 6) is -0.147. The Hall–Kier alpha value is -1.98. The average Bonchev–Trinajstić information content (AvgIpc) is 2.58. The highest BCUT2D eigenvalue weighted by molar-refractivity contribution is 5.51. The normalized spacial score (nSPS) is 11.9. The summed E-state index contributed by atoms with van der Waals surface area (Å²) in [5.41, 5.74) is 7.42. The van der Waals surface area contributed by atoms with Gasteiger partial charge in [0.15, 0.2) is 5.69 Å². The summed E-state index contributed by atoms with van der Waals surface area (Å²) in [6, 6.07) is 4.49. The molecule has 3 nitrogen and oxygen atoms in total. The number of halogens is 3. The Labute approximate surface area is 108 Å². The van der Waals surface area contributed by atoms with Crippen LogP contribution in [0.3, 0.4) is 0 Å². The molecule has 2 rings (SSSR count). The summed E-state index contributed by atoms with van der Waals surface area (Å²) >= 11 is 0. The minimum Gasteiger partial charge on any atom is -0.382 e. The highest BCUT2D eigenvalue weighted by Crippen LogP contribution is 2.33. The van der Waals surface area contributed by atoms with Crippen LogP contribution in [-0.2, 0) is 6.18 Å². The van der Waals surface area contributed by atoms with Gasteiger partial charge in [0.25, 0.3) is 0 Å². The molecule has 0 spiro atoms. The highest BCUT2D eigenvalue weighted by atomic mass is 19.4. The van der Waals surface area contributed by atoms with E-state index in [0.717, 1.165) is 27.4 Å². The Bertz CT molecular complexity index is 604. The van der Waals surface area contributed by atoms with E-state index in [2.05, 4.69) is 5.10 Å². The van der Waals surface area contributed by atoms with Crippen molar-refractivity contribution in [1.82, 2.24) is 9.78 Å². The van der Waals surface area contributed by atoms with Crippen molar-refractivity contribution in [3.05, 3.63) is 40.6 Å². The van der Waals surface area contributed by atoms with Gasteiger partial charge in [0.1, 0.15) is 5.82 Å². The summed E-state index contributed by atoms with van der Waals surface area (Å²) in [6.45, 7) is 5.41. The minimum atomic E-state index is -4.49. The first-order valence-electron chi connectivity index (χ1n) is 5.71.